The third kappa shape index (κ3) is 2.08. The molecule has 19 heavy (non-hydrogen) atoms. The zero-order chi connectivity index (χ0) is 13.2. The van der Waals surface area contributed by atoms with Crippen molar-refractivity contribution in [3.8, 4) is 22.5 Å². The van der Waals surface area contributed by atoms with E-state index >= 15 is 0 Å². The maximum Gasteiger partial charge on any atom is 0.264 e. The standard InChI is InChI=1S/C12H9N5O2/c13-12-14-5-8(9-1-2-10(18)17-16-9)11(15-12)7-3-4-19-6-7/h1-6H,(H,17,18)(H2,13,14,15). The number of aromatic nitrogens is 4. The summed E-state index contributed by atoms with van der Waals surface area (Å²) in [5.74, 6) is 0.157. The molecule has 0 aliphatic carbocycles. The third-order valence-corrected chi connectivity index (χ3v) is 2.56. The maximum absolute atomic E-state index is 11.0. The Kier molecular flexibility index (Phi) is 2.57. The van der Waals surface area contributed by atoms with Gasteiger partial charge in [-0.3, -0.25) is 4.79 Å². The lowest BCUT2D eigenvalue weighted by Crippen LogP contribution is -2.06. The molecule has 0 saturated heterocycles. The molecule has 0 bridgehead atoms. The average Bonchev–Trinajstić information content (AvgIpc) is 2.94. The topological polar surface area (TPSA) is 111 Å². The van der Waals surface area contributed by atoms with Gasteiger partial charge in [0.25, 0.3) is 5.56 Å². The Labute approximate surface area is 107 Å². The van der Waals surface area contributed by atoms with Crippen LogP contribution in [0, 0.1) is 0 Å². The van der Waals surface area contributed by atoms with Crippen LogP contribution in [0.3, 0.4) is 0 Å². The van der Waals surface area contributed by atoms with E-state index in [2.05, 4.69) is 20.2 Å². The van der Waals surface area contributed by atoms with Gasteiger partial charge >= 0.3 is 0 Å². The van der Waals surface area contributed by atoms with Gasteiger partial charge in [0.05, 0.1) is 23.9 Å². The Balaban J connectivity index is 2.21. The molecule has 94 valence electrons. The Hall–Kier alpha value is -2.96. The zero-order valence-corrected chi connectivity index (χ0v) is 9.70. The molecule has 0 fully saturated rings. The van der Waals surface area contributed by atoms with Gasteiger partial charge in [0, 0.05) is 23.4 Å². The lowest BCUT2D eigenvalue weighted by atomic mass is 10.1. The normalized spacial score (nSPS) is 10.5. The van der Waals surface area contributed by atoms with Crippen molar-refractivity contribution in [2.24, 2.45) is 0 Å². The van der Waals surface area contributed by atoms with Crippen LogP contribution in [0.25, 0.3) is 22.5 Å². The molecule has 3 heterocycles. The summed E-state index contributed by atoms with van der Waals surface area (Å²) in [7, 11) is 0. The summed E-state index contributed by atoms with van der Waals surface area (Å²) in [6.07, 6.45) is 4.65. The number of nitrogens with one attached hydrogen (secondary N) is 1. The van der Waals surface area contributed by atoms with Crippen molar-refractivity contribution in [2.75, 3.05) is 5.73 Å². The van der Waals surface area contributed by atoms with Crippen molar-refractivity contribution in [3.63, 3.8) is 0 Å². The van der Waals surface area contributed by atoms with Crippen LogP contribution in [0.4, 0.5) is 5.95 Å². The second-order valence-corrected chi connectivity index (χ2v) is 3.81. The molecule has 3 aromatic rings. The first-order valence-electron chi connectivity index (χ1n) is 5.45. The third-order valence-electron chi connectivity index (χ3n) is 2.56. The first-order valence-corrected chi connectivity index (χ1v) is 5.45. The number of furan rings is 1. The first kappa shape index (κ1) is 11.1. The van der Waals surface area contributed by atoms with Crippen LogP contribution in [-0.2, 0) is 0 Å². The van der Waals surface area contributed by atoms with Crippen LogP contribution in [0.15, 0.2) is 46.1 Å². The van der Waals surface area contributed by atoms with Gasteiger partial charge in [-0.05, 0) is 12.1 Å². The smallest absolute Gasteiger partial charge is 0.264 e. The second-order valence-electron chi connectivity index (χ2n) is 3.81. The van der Waals surface area contributed by atoms with E-state index in [9.17, 15) is 4.79 Å². The minimum Gasteiger partial charge on any atom is -0.472 e. The number of hydrogen-bond donors (Lipinski definition) is 2. The predicted octanol–water partition coefficient (Wildman–Crippen LogP) is 1.07. The number of nitrogens with zero attached hydrogens (tertiary/aromatic N) is 3. The van der Waals surface area contributed by atoms with Crippen molar-refractivity contribution >= 4 is 5.95 Å². The quantitative estimate of drug-likeness (QED) is 0.708. The van der Waals surface area contributed by atoms with Gasteiger partial charge in [0.2, 0.25) is 5.95 Å². The van der Waals surface area contributed by atoms with E-state index in [0.29, 0.717) is 17.0 Å². The van der Waals surface area contributed by atoms with E-state index < -0.39 is 0 Å². The highest BCUT2D eigenvalue weighted by atomic mass is 16.3. The largest absolute Gasteiger partial charge is 0.472 e. The van der Waals surface area contributed by atoms with Crippen LogP contribution in [0.5, 0.6) is 0 Å². The van der Waals surface area contributed by atoms with E-state index in [1.165, 1.54) is 12.3 Å². The van der Waals surface area contributed by atoms with Crippen molar-refractivity contribution in [2.45, 2.75) is 0 Å². The number of H-pyrrole nitrogens is 1. The summed E-state index contributed by atoms with van der Waals surface area (Å²) in [6, 6.07) is 4.74. The SMILES string of the molecule is Nc1ncc(-c2ccc(=O)[nH]n2)c(-c2ccoc2)n1. The van der Waals surface area contributed by atoms with Gasteiger partial charge < -0.3 is 10.2 Å². The van der Waals surface area contributed by atoms with E-state index in [-0.39, 0.29) is 11.5 Å². The molecule has 0 saturated carbocycles. The summed E-state index contributed by atoms with van der Waals surface area (Å²) in [4.78, 5) is 19.2. The number of nitrogen functional groups attached to an aromatic ring is 1. The molecule has 0 atom stereocenters. The van der Waals surface area contributed by atoms with Crippen molar-refractivity contribution in [1.29, 1.82) is 0 Å². The number of hydrogen-bond acceptors (Lipinski definition) is 6. The van der Waals surface area contributed by atoms with Crippen LogP contribution in [0.2, 0.25) is 0 Å². The van der Waals surface area contributed by atoms with Gasteiger partial charge in [0.1, 0.15) is 0 Å². The van der Waals surface area contributed by atoms with Gasteiger partial charge in [-0.25, -0.2) is 15.1 Å². The molecular formula is C12H9N5O2. The fourth-order valence-electron chi connectivity index (χ4n) is 1.70. The monoisotopic (exact) mass is 255 g/mol. The highest BCUT2D eigenvalue weighted by Crippen LogP contribution is 2.28. The molecule has 7 nitrogen and oxygen atoms in total. The predicted molar refractivity (Wildman–Crippen MR) is 68.0 cm³/mol. The van der Waals surface area contributed by atoms with E-state index in [1.807, 2.05) is 0 Å². The van der Waals surface area contributed by atoms with Crippen molar-refractivity contribution < 1.29 is 4.42 Å². The molecule has 0 amide bonds. The highest BCUT2D eigenvalue weighted by Gasteiger charge is 2.12. The molecule has 0 aliphatic heterocycles. The minimum absolute atomic E-state index is 0.157. The molecule has 7 heteroatoms. The van der Waals surface area contributed by atoms with Crippen LogP contribution in [0.1, 0.15) is 0 Å². The van der Waals surface area contributed by atoms with Gasteiger partial charge in [0.15, 0.2) is 0 Å². The second kappa shape index (κ2) is 4.37. The van der Waals surface area contributed by atoms with E-state index in [0.717, 1.165) is 5.56 Å². The van der Waals surface area contributed by atoms with Crippen LogP contribution >= 0.6 is 0 Å². The van der Waals surface area contributed by atoms with E-state index in [4.69, 9.17) is 10.2 Å². The van der Waals surface area contributed by atoms with Gasteiger partial charge in [-0.15, -0.1) is 0 Å². The molecule has 3 aromatic heterocycles. The summed E-state index contributed by atoms with van der Waals surface area (Å²) >= 11 is 0. The Morgan fingerprint density at radius 3 is 2.84 bits per heavy atom. The summed E-state index contributed by atoms with van der Waals surface area (Å²) in [6.45, 7) is 0. The number of anilines is 1. The molecule has 0 radical (unpaired) electrons. The molecule has 3 N–H and O–H groups in total. The summed E-state index contributed by atoms with van der Waals surface area (Å²) < 4.78 is 5.04. The summed E-state index contributed by atoms with van der Waals surface area (Å²) in [5.41, 5.74) is 7.90. The Bertz CT molecular complexity index is 744. The van der Waals surface area contributed by atoms with Crippen LogP contribution < -0.4 is 11.3 Å². The highest BCUT2D eigenvalue weighted by molar-refractivity contribution is 5.78. The van der Waals surface area contributed by atoms with E-state index in [1.54, 1.807) is 24.6 Å². The lowest BCUT2D eigenvalue weighted by Gasteiger charge is -2.06. The Morgan fingerprint density at radius 2 is 2.16 bits per heavy atom. The fraction of sp³-hybridized carbons (Fsp3) is 0. The van der Waals surface area contributed by atoms with Gasteiger partial charge in [-0.2, -0.15) is 5.10 Å². The molecule has 3 rings (SSSR count). The lowest BCUT2D eigenvalue weighted by molar-refractivity contribution is 0.568. The molecule has 0 unspecified atom stereocenters. The molecule has 0 spiro atoms. The molecule has 0 aliphatic rings. The number of nitrogens with two attached hydrogens (primary N) is 1. The average molecular weight is 255 g/mol. The van der Waals surface area contributed by atoms with Crippen molar-refractivity contribution in [3.05, 3.63) is 47.3 Å². The first-order chi connectivity index (χ1) is 9.24. The fourth-order valence-corrected chi connectivity index (χ4v) is 1.70. The number of aromatic amines is 1. The molecular weight excluding hydrogens is 246 g/mol. The van der Waals surface area contributed by atoms with Crippen molar-refractivity contribution in [1.82, 2.24) is 20.2 Å². The maximum atomic E-state index is 11.0. The summed E-state index contributed by atoms with van der Waals surface area (Å²) in [5, 5.41) is 6.33. The molecule has 0 aromatic carbocycles. The van der Waals surface area contributed by atoms with Crippen LogP contribution in [-0.4, -0.2) is 20.2 Å². The Morgan fingerprint density at radius 1 is 1.26 bits per heavy atom. The number of rotatable bonds is 2. The minimum atomic E-state index is -0.273. The zero-order valence-electron chi connectivity index (χ0n) is 9.70. The van der Waals surface area contributed by atoms with Gasteiger partial charge in [-0.1, -0.05) is 0 Å².